The van der Waals surface area contributed by atoms with Crippen molar-refractivity contribution in [3.05, 3.63) is 35.4 Å². The quantitative estimate of drug-likeness (QED) is 0.807. The summed E-state index contributed by atoms with van der Waals surface area (Å²) in [5.74, 6) is -1.86. The van der Waals surface area contributed by atoms with Gasteiger partial charge in [0.15, 0.2) is 0 Å². The minimum Gasteiger partial charge on any atom is -0.341 e. The van der Waals surface area contributed by atoms with Gasteiger partial charge in [-0.2, -0.15) is 13.2 Å². The second kappa shape index (κ2) is 4.39. The van der Waals surface area contributed by atoms with Crippen LogP contribution in [-0.2, 0) is 11.2 Å². The summed E-state index contributed by atoms with van der Waals surface area (Å²) in [6.07, 6.45) is -2.61. The first-order chi connectivity index (χ1) is 7.98. The fraction of sp³-hybridized carbons (Fsp3) is 0.417. The van der Waals surface area contributed by atoms with Gasteiger partial charge in [-0.25, -0.2) is 0 Å². The molecule has 0 aliphatic heterocycles. The Bertz CT molecular complexity index is 428. The zero-order chi connectivity index (χ0) is 12.5. The number of carbonyl (C=O) groups is 1. The van der Waals surface area contributed by atoms with E-state index in [0.29, 0.717) is 6.42 Å². The van der Waals surface area contributed by atoms with Gasteiger partial charge < -0.3 is 5.32 Å². The van der Waals surface area contributed by atoms with Gasteiger partial charge in [0.25, 0.3) is 0 Å². The smallest absolute Gasteiger partial charge is 0.341 e. The molecule has 2 nitrogen and oxygen atoms in total. The summed E-state index contributed by atoms with van der Waals surface area (Å²) in [4.78, 5) is 10.9. The third kappa shape index (κ3) is 2.60. The number of nitrogens with one attached hydrogen (secondary N) is 1. The number of fused-ring (bicyclic) bond motifs is 1. The number of benzene rings is 1. The predicted octanol–water partition coefficient (Wildman–Crippen LogP) is 2.74. The summed E-state index contributed by atoms with van der Waals surface area (Å²) in [7, 11) is 0. The van der Waals surface area contributed by atoms with E-state index in [2.05, 4.69) is 5.32 Å². The molecule has 0 saturated carbocycles. The number of halogens is 3. The van der Waals surface area contributed by atoms with E-state index in [1.807, 2.05) is 12.1 Å². The number of hydrogen-bond donors (Lipinski definition) is 1. The fourth-order valence-corrected chi connectivity index (χ4v) is 2.14. The number of alkyl halides is 3. The molecule has 0 unspecified atom stereocenters. The van der Waals surface area contributed by atoms with Crippen LogP contribution < -0.4 is 5.32 Å². The molecule has 0 radical (unpaired) electrons. The molecule has 1 amide bonds. The highest BCUT2D eigenvalue weighted by molar-refractivity contribution is 5.82. The van der Waals surface area contributed by atoms with E-state index in [0.717, 1.165) is 24.0 Å². The topological polar surface area (TPSA) is 29.1 Å². The first kappa shape index (κ1) is 12.0. The van der Waals surface area contributed by atoms with Gasteiger partial charge in [-0.1, -0.05) is 24.3 Å². The minimum absolute atomic E-state index is 0.519. The molecule has 1 atom stereocenters. The molecule has 1 N–H and O–H groups in total. The Balaban J connectivity index is 2.17. The van der Waals surface area contributed by atoms with Crippen LogP contribution in [0.4, 0.5) is 13.2 Å². The summed E-state index contributed by atoms with van der Waals surface area (Å²) in [5.41, 5.74) is 1.82. The molecule has 0 bridgehead atoms. The monoisotopic (exact) mass is 243 g/mol. The molecule has 1 aliphatic rings. The van der Waals surface area contributed by atoms with Crippen molar-refractivity contribution in [3.63, 3.8) is 0 Å². The maximum atomic E-state index is 12.2. The van der Waals surface area contributed by atoms with Crippen molar-refractivity contribution < 1.29 is 18.0 Å². The van der Waals surface area contributed by atoms with Gasteiger partial charge in [0.1, 0.15) is 0 Å². The van der Waals surface area contributed by atoms with Crippen LogP contribution in [0.25, 0.3) is 0 Å². The van der Waals surface area contributed by atoms with Crippen LogP contribution in [0.5, 0.6) is 0 Å². The summed E-state index contributed by atoms with van der Waals surface area (Å²) >= 11 is 0. The largest absolute Gasteiger partial charge is 0.471 e. The molecule has 0 saturated heterocycles. The SMILES string of the molecule is O=C(N[C@H]1CCCc2ccccc21)C(F)(F)F. The highest BCUT2D eigenvalue weighted by Gasteiger charge is 2.40. The third-order valence-corrected chi connectivity index (χ3v) is 2.93. The first-order valence-corrected chi connectivity index (χ1v) is 5.44. The van der Waals surface area contributed by atoms with Crippen LogP contribution in [-0.4, -0.2) is 12.1 Å². The van der Waals surface area contributed by atoms with Gasteiger partial charge in [-0.05, 0) is 30.4 Å². The Morgan fingerprint density at radius 1 is 1.29 bits per heavy atom. The molecule has 1 aromatic rings. The van der Waals surface area contributed by atoms with Crippen molar-refractivity contribution in [1.29, 1.82) is 0 Å². The number of rotatable bonds is 1. The van der Waals surface area contributed by atoms with E-state index in [1.54, 1.807) is 12.1 Å². The Morgan fingerprint density at radius 3 is 2.71 bits per heavy atom. The Labute approximate surface area is 96.8 Å². The zero-order valence-electron chi connectivity index (χ0n) is 9.05. The lowest BCUT2D eigenvalue weighted by Gasteiger charge is -2.26. The third-order valence-electron chi connectivity index (χ3n) is 2.93. The van der Waals surface area contributed by atoms with E-state index in [9.17, 15) is 18.0 Å². The summed E-state index contributed by atoms with van der Waals surface area (Å²) < 4.78 is 36.5. The number of amides is 1. The maximum absolute atomic E-state index is 12.2. The summed E-state index contributed by atoms with van der Waals surface area (Å²) in [6, 6.07) is 6.77. The molecule has 0 fully saturated rings. The Morgan fingerprint density at radius 2 is 2.00 bits per heavy atom. The van der Waals surface area contributed by atoms with Gasteiger partial charge in [-0.15, -0.1) is 0 Å². The predicted molar refractivity (Wildman–Crippen MR) is 56.3 cm³/mol. The zero-order valence-corrected chi connectivity index (χ0v) is 9.05. The number of aryl methyl sites for hydroxylation is 1. The number of hydrogen-bond acceptors (Lipinski definition) is 1. The molecule has 92 valence electrons. The Hall–Kier alpha value is -1.52. The normalized spacial score (nSPS) is 19.6. The van der Waals surface area contributed by atoms with E-state index in [1.165, 1.54) is 0 Å². The minimum atomic E-state index is -4.81. The first-order valence-electron chi connectivity index (χ1n) is 5.44. The molecular formula is C12H12F3NO. The van der Waals surface area contributed by atoms with Gasteiger partial charge in [0.05, 0.1) is 6.04 Å². The number of carbonyl (C=O) groups excluding carboxylic acids is 1. The Kier molecular flexibility index (Phi) is 3.09. The van der Waals surface area contributed by atoms with Crippen LogP contribution >= 0.6 is 0 Å². The van der Waals surface area contributed by atoms with Gasteiger partial charge in [0, 0.05) is 0 Å². The molecule has 0 aromatic heterocycles. The lowest BCUT2D eigenvalue weighted by Crippen LogP contribution is -2.40. The molecule has 5 heteroatoms. The van der Waals surface area contributed by atoms with Crippen LogP contribution in [0.3, 0.4) is 0 Å². The van der Waals surface area contributed by atoms with Crippen LogP contribution in [0.2, 0.25) is 0 Å². The van der Waals surface area contributed by atoms with Crippen LogP contribution in [0, 0.1) is 0 Å². The van der Waals surface area contributed by atoms with Gasteiger partial charge in [-0.3, -0.25) is 4.79 Å². The highest BCUT2D eigenvalue weighted by Crippen LogP contribution is 2.30. The average Bonchev–Trinajstić information content (AvgIpc) is 2.28. The molecule has 17 heavy (non-hydrogen) atoms. The lowest BCUT2D eigenvalue weighted by atomic mass is 9.88. The van der Waals surface area contributed by atoms with Crippen molar-refractivity contribution >= 4 is 5.91 Å². The molecule has 1 aromatic carbocycles. The van der Waals surface area contributed by atoms with Gasteiger partial charge >= 0.3 is 12.1 Å². The molecular weight excluding hydrogens is 231 g/mol. The fourth-order valence-electron chi connectivity index (χ4n) is 2.14. The molecule has 0 heterocycles. The lowest BCUT2D eigenvalue weighted by molar-refractivity contribution is -0.174. The average molecular weight is 243 g/mol. The van der Waals surface area contributed by atoms with Crippen molar-refractivity contribution in [1.82, 2.24) is 5.32 Å². The highest BCUT2D eigenvalue weighted by atomic mass is 19.4. The van der Waals surface area contributed by atoms with E-state index >= 15 is 0 Å². The van der Waals surface area contributed by atoms with E-state index in [4.69, 9.17) is 0 Å². The molecule has 1 aliphatic carbocycles. The second-order valence-electron chi connectivity index (χ2n) is 4.11. The second-order valence-corrected chi connectivity index (χ2v) is 4.11. The van der Waals surface area contributed by atoms with Crippen molar-refractivity contribution in [3.8, 4) is 0 Å². The van der Waals surface area contributed by atoms with E-state index < -0.39 is 18.1 Å². The summed E-state index contributed by atoms with van der Waals surface area (Å²) in [5, 5.41) is 2.05. The van der Waals surface area contributed by atoms with E-state index in [-0.39, 0.29) is 0 Å². The van der Waals surface area contributed by atoms with Crippen molar-refractivity contribution in [2.45, 2.75) is 31.5 Å². The molecule has 0 spiro atoms. The standard InChI is InChI=1S/C12H12F3NO/c13-12(14,15)11(17)16-10-7-3-5-8-4-1-2-6-9(8)10/h1-2,4,6,10H,3,5,7H2,(H,16,17)/t10-/m0/s1. The molecule has 2 rings (SSSR count). The van der Waals surface area contributed by atoms with Crippen molar-refractivity contribution in [2.75, 3.05) is 0 Å². The van der Waals surface area contributed by atoms with Gasteiger partial charge in [0.2, 0.25) is 0 Å². The summed E-state index contributed by atoms with van der Waals surface area (Å²) in [6.45, 7) is 0. The van der Waals surface area contributed by atoms with Crippen LogP contribution in [0.15, 0.2) is 24.3 Å². The van der Waals surface area contributed by atoms with Crippen LogP contribution in [0.1, 0.15) is 30.0 Å². The maximum Gasteiger partial charge on any atom is 0.471 e. The van der Waals surface area contributed by atoms with Crippen molar-refractivity contribution in [2.24, 2.45) is 0 Å².